The van der Waals surface area contributed by atoms with Gasteiger partial charge in [0.2, 0.25) is 0 Å². The van der Waals surface area contributed by atoms with E-state index in [1.165, 1.54) is 13.1 Å². The molecule has 0 aromatic carbocycles. The van der Waals surface area contributed by atoms with E-state index < -0.39 is 35.7 Å². The summed E-state index contributed by atoms with van der Waals surface area (Å²) in [5.74, 6) is -0.909. The molecule has 0 spiro atoms. The van der Waals surface area contributed by atoms with Crippen LogP contribution in [0.4, 0.5) is 5.82 Å². The van der Waals surface area contributed by atoms with E-state index in [0.29, 0.717) is 16.4 Å². The lowest BCUT2D eigenvalue weighted by Gasteiger charge is -2.33. The number of carbonyl (C=O) groups excluding carboxylic acids is 1. The first-order chi connectivity index (χ1) is 12.3. The molecular weight excluding hydrogens is 457 g/mol. The van der Waals surface area contributed by atoms with Crippen LogP contribution in [0.1, 0.15) is 39.0 Å². The molecule has 1 saturated heterocycles. The monoisotopic (exact) mass is 479 g/mol. The molecule has 3 rings (SSSR count). The van der Waals surface area contributed by atoms with Crippen LogP contribution in [0.2, 0.25) is 0 Å². The van der Waals surface area contributed by atoms with E-state index >= 15 is 0 Å². The van der Waals surface area contributed by atoms with Crippen molar-refractivity contribution in [2.24, 2.45) is 0 Å². The maximum absolute atomic E-state index is 13.0. The lowest BCUT2D eigenvalue weighted by molar-refractivity contribution is -0.205. The van der Waals surface area contributed by atoms with Gasteiger partial charge in [0.25, 0.3) is 5.72 Å². The second-order valence-electron chi connectivity index (χ2n) is 6.75. The van der Waals surface area contributed by atoms with Crippen molar-refractivity contribution >= 4 is 34.4 Å². The van der Waals surface area contributed by atoms with Crippen molar-refractivity contribution in [3.63, 3.8) is 0 Å². The van der Waals surface area contributed by atoms with Crippen LogP contribution in [-0.2, 0) is 20.0 Å². The van der Waals surface area contributed by atoms with Gasteiger partial charge in [-0.2, -0.15) is 4.98 Å². The molecule has 1 saturated carbocycles. The van der Waals surface area contributed by atoms with Crippen LogP contribution in [0, 0.1) is 3.57 Å². The summed E-state index contributed by atoms with van der Waals surface area (Å²) < 4.78 is 12.5. The Labute approximate surface area is 163 Å². The molecule has 4 N–H and O–H groups in total. The minimum Gasteiger partial charge on any atom is -0.459 e. The molecule has 2 aliphatic rings. The van der Waals surface area contributed by atoms with Crippen LogP contribution < -0.4 is 11.4 Å². The van der Waals surface area contributed by atoms with Gasteiger partial charge in [0, 0.05) is 6.20 Å². The van der Waals surface area contributed by atoms with E-state index in [1.807, 2.05) is 22.6 Å². The number of aliphatic hydroxyl groups is 2. The number of nitrogens with zero attached hydrogens (tertiary/aromatic N) is 2. The van der Waals surface area contributed by atoms with Gasteiger partial charge in [-0.25, -0.2) is 9.59 Å². The Hall–Kier alpha value is -1.24. The van der Waals surface area contributed by atoms with Crippen LogP contribution in [-0.4, -0.2) is 50.1 Å². The number of esters is 1. The zero-order valence-corrected chi connectivity index (χ0v) is 16.5. The summed E-state index contributed by atoms with van der Waals surface area (Å²) >= 11 is 1.86. The largest absolute Gasteiger partial charge is 0.459 e. The number of rotatable bonds is 3. The van der Waals surface area contributed by atoms with Crippen LogP contribution in [0.3, 0.4) is 0 Å². The van der Waals surface area contributed by atoms with Gasteiger partial charge in [-0.1, -0.05) is 6.42 Å². The summed E-state index contributed by atoms with van der Waals surface area (Å²) in [5, 5.41) is 20.8. The van der Waals surface area contributed by atoms with Gasteiger partial charge in [-0.05, 0) is 55.2 Å². The Morgan fingerprint density at radius 3 is 2.65 bits per heavy atom. The highest BCUT2D eigenvalue weighted by atomic mass is 127. The third-order valence-electron chi connectivity index (χ3n) is 4.96. The molecule has 0 unspecified atom stereocenters. The highest BCUT2D eigenvalue weighted by Crippen LogP contribution is 2.37. The fraction of sp³-hybridized carbons (Fsp3) is 0.688. The first kappa shape index (κ1) is 19.5. The molecule has 1 aromatic heterocycles. The molecule has 26 heavy (non-hydrogen) atoms. The molecule has 1 aliphatic carbocycles. The second kappa shape index (κ2) is 7.41. The first-order valence-electron chi connectivity index (χ1n) is 8.57. The Kier molecular flexibility index (Phi) is 5.56. The lowest BCUT2D eigenvalue weighted by Crippen LogP contribution is -2.57. The second-order valence-corrected chi connectivity index (χ2v) is 7.91. The molecule has 2 fully saturated rings. The highest BCUT2D eigenvalue weighted by Gasteiger charge is 2.61. The molecule has 10 heteroatoms. The molecule has 144 valence electrons. The van der Waals surface area contributed by atoms with E-state index in [1.54, 1.807) is 0 Å². The first-order valence-corrected chi connectivity index (χ1v) is 9.65. The Balaban J connectivity index is 2.05. The van der Waals surface area contributed by atoms with E-state index in [9.17, 15) is 19.8 Å². The van der Waals surface area contributed by atoms with E-state index in [-0.39, 0.29) is 11.9 Å². The quantitative estimate of drug-likeness (QED) is 0.410. The smallest absolute Gasteiger partial charge is 0.363 e. The fourth-order valence-electron chi connectivity index (χ4n) is 3.48. The topological polar surface area (TPSA) is 137 Å². The normalized spacial score (nSPS) is 32.5. The number of nitrogens with two attached hydrogens (primary N) is 1. The molecule has 0 bridgehead atoms. The summed E-state index contributed by atoms with van der Waals surface area (Å²) in [6.45, 7) is 1.50. The average Bonchev–Trinajstić information content (AvgIpc) is 2.84. The summed E-state index contributed by atoms with van der Waals surface area (Å²) in [6.07, 6.45) is 1.41. The minimum atomic E-state index is -2.20. The number of ether oxygens (including phenoxy) is 2. The maximum atomic E-state index is 13.0. The Bertz CT molecular complexity index is 750. The number of aromatic nitrogens is 2. The summed E-state index contributed by atoms with van der Waals surface area (Å²) in [5.41, 5.74) is 2.57. The van der Waals surface area contributed by atoms with Gasteiger partial charge in [0.1, 0.15) is 24.1 Å². The van der Waals surface area contributed by atoms with Crippen molar-refractivity contribution in [3.05, 3.63) is 20.3 Å². The van der Waals surface area contributed by atoms with Gasteiger partial charge in [0.15, 0.2) is 0 Å². The van der Waals surface area contributed by atoms with Gasteiger partial charge in [-0.15, -0.1) is 0 Å². The molecule has 0 amide bonds. The zero-order chi connectivity index (χ0) is 19.1. The number of halogens is 1. The molecule has 9 nitrogen and oxygen atoms in total. The van der Waals surface area contributed by atoms with Crippen LogP contribution >= 0.6 is 22.6 Å². The fourth-order valence-corrected chi connectivity index (χ4v) is 3.88. The van der Waals surface area contributed by atoms with E-state index in [4.69, 9.17) is 15.2 Å². The molecule has 1 aliphatic heterocycles. The molecule has 1 aromatic rings. The Morgan fingerprint density at radius 1 is 1.42 bits per heavy atom. The maximum Gasteiger partial charge on any atom is 0.363 e. The van der Waals surface area contributed by atoms with Crippen LogP contribution in [0.15, 0.2) is 11.0 Å². The van der Waals surface area contributed by atoms with E-state index in [0.717, 1.165) is 23.8 Å². The van der Waals surface area contributed by atoms with Crippen molar-refractivity contribution in [2.75, 3.05) is 5.73 Å². The summed E-state index contributed by atoms with van der Waals surface area (Å²) in [6, 6.07) is 0. The number of hydrogen-bond acceptors (Lipinski definition) is 8. The van der Waals surface area contributed by atoms with E-state index in [2.05, 4.69) is 4.98 Å². The van der Waals surface area contributed by atoms with Gasteiger partial charge in [0.05, 0.1) is 9.67 Å². The number of aliphatic hydroxyl groups excluding tert-OH is 2. The predicted molar refractivity (Wildman–Crippen MR) is 99.1 cm³/mol. The van der Waals surface area contributed by atoms with Crippen molar-refractivity contribution < 1.29 is 24.5 Å². The standard InChI is InChI=1S/C16H22IN3O6/c1-8-11(21)12(22)16(26-8,14(23)25-9-5-3-2-4-6-9)20-7-10(17)13(18)19-15(20)24/h7-9,11-12,21-22H,2-6H2,1H3,(H2,18,19,24)/t8-,11-,12-,16+/m1/s1. The molecule has 4 atom stereocenters. The van der Waals surface area contributed by atoms with Gasteiger partial charge in [-0.3, -0.25) is 4.57 Å². The van der Waals surface area contributed by atoms with Crippen molar-refractivity contribution in [1.29, 1.82) is 0 Å². The SMILES string of the molecule is C[C@H]1O[C@@](C(=O)OC2CCCCC2)(n2cc(I)c(N)nc2=O)[C@H](O)[C@@H]1O. The molecule has 2 heterocycles. The summed E-state index contributed by atoms with van der Waals surface area (Å²) in [4.78, 5) is 29.1. The van der Waals surface area contributed by atoms with Crippen molar-refractivity contribution in [1.82, 2.24) is 9.55 Å². The number of hydrogen-bond donors (Lipinski definition) is 3. The predicted octanol–water partition coefficient (Wildman–Crippen LogP) is 0.0993. The number of carbonyl (C=O) groups is 1. The van der Waals surface area contributed by atoms with Gasteiger partial charge >= 0.3 is 11.7 Å². The third kappa shape index (κ3) is 3.23. The van der Waals surface area contributed by atoms with Crippen LogP contribution in [0.25, 0.3) is 0 Å². The number of nitrogen functional groups attached to an aromatic ring is 1. The third-order valence-corrected chi connectivity index (χ3v) is 5.79. The molecular formula is C16H22IN3O6. The zero-order valence-electron chi connectivity index (χ0n) is 14.3. The highest BCUT2D eigenvalue weighted by molar-refractivity contribution is 14.1. The minimum absolute atomic E-state index is 0.00346. The molecule has 0 radical (unpaired) electrons. The average molecular weight is 479 g/mol. The Morgan fingerprint density at radius 2 is 2.08 bits per heavy atom. The van der Waals surface area contributed by atoms with Crippen molar-refractivity contribution in [3.8, 4) is 0 Å². The summed E-state index contributed by atoms with van der Waals surface area (Å²) in [7, 11) is 0. The number of anilines is 1. The van der Waals surface area contributed by atoms with Crippen LogP contribution in [0.5, 0.6) is 0 Å². The lowest BCUT2D eigenvalue weighted by atomic mass is 9.97. The van der Waals surface area contributed by atoms with Crippen molar-refractivity contribution in [2.45, 2.75) is 69.2 Å². The van der Waals surface area contributed by atoms with Gasteiger partial charge < -0.3 is 25.4 Å².